The quantitative estimate of drug-likeness (QED) is 0.867. The van der Waals surface area contributed by atoms with Crippen LogP contribution in [-0.4, -0.2) is 20.7 Å². The highest BCUT2D eigenvalue weighted by atomic mass is 32.1. The number of rotatable bonds is 4. The number of aromatic nitrogens is 3. The maximum Gasteiger partial charge on any atom is 0.250 e. The molecule has 6 nitrogen and oxygen atoms in total. The molecule has 2 aromatic rings. The second-order valence-corrected chi connectivity index (χ2v) is 4.11. The first-order valence-corrected chi connectivity index (χ1v) is 5.85. The van der Waals surface area contributed by atoms with E-state index in [4.69, 9.17) is 0 Å². The first-order valence-electron chi connectivity index (χ1n) is 4.97. The monoisotopic (exact) mass is 250 g/mol. The lowest BCUT2D eigenvalue weighted by molar-refractivity contribution is -0.116. The fourth-order valence-electron chi connectivity index (χ4n) is 1.28. The van der Waals surface area contributed by atoms with Gasteiger partial charge in [-0.1, -0.05) is 17.4 Å². The molecule has 0 atom stereocenters. The van der Waals surface area contributed by atoms with Crippen molar-refractivity contribution in [2.75, 3.05) is 5.32 Å². The normalized spacial score (nSPS) is 10.1. The number of carbonyl (C=O) groups is 1. The van der Waals surface area contributed by atoms with Gasteiger partial charge in [-0.15, -0.1) is 10.2 Å². The number of anilines is 1. The molecule has 0 saturated carbocycles. The zero-order chi connectivity index (χ0) is 12.1. The molecule has 0 spiro atoms. The minimum absolute atomic E-state index is 0.115. The van der Waals surface area contributed by atoms with Gasteiger partial charge in [0.1, 0.15) is 5.51 Å². The van der Waals surface area contributed by atoms with Gasteiger partial charge in [0.2, 0.25) is 11.0 Å². The Morgan fingerprint density at radius 2 is 2.35 bits per heavy atom. The first-order chi connectivity index (χ1) is 8.25. The van der Waals surface area contributed by atoms with Crippen LogP contribution in [0.25, 0.3) is 0 Å². The van der Waals surface area contributed by atoms with Gasteiger partial charge in [0.15, 0.2) is 0 Å². The highest BCUT2D eigenvalue weighted by Crippen LogP contribution is 2.08. The van der Waals surface area contributed by atoms with Crippen molar-refractivity contribution < 1.29 is 4.79 Å². The van der Waals surface area contributed by atoms with Gasteiger partial charge in [0.25, 0.3) is 5.56 Å². The minimum Gasteiger partial charge on any atom is -0.315 e. The van der Waals surface area contributed by atoms with Gasteiger partial charge in [-0.25, -0.2) is 0 Å². The lowest BCUT2D eigenvalue weighted by Gasteiger charge is -2.04. The van der Waals surface area contributed by atoms with Gasteiger partial charge in [-0.3, -0.25) is 9.59 Å². The van der Waals surface area contributed by atoms with E-state index in [0.29, 0.717) is 11.7 Å². The maximum absolute atomic E-state index is 11.5. The van der Waals surface area contributed by atoms with Crippen molar-refractivity contribution in [3.05, 3.63) is 40.3 Å². The van der Waals surface area contributed by atoms with Crippen LogP contribution in [-0.2, 0) is 11.3 Å². The Bertz CT molecular complexity index is 549. The molecule has 0 aliphatic carbocycles. The number of carbonyl (C=O) groups excluding carboxylic acids is 1. The van der Waals surface area contributed by atoms with Gasteiger partial charge < -0.3 is 9.88 Å². The molecular weight excluding hydrogens is 240 g/mol. The average Bonchev–Trinajstić information content (AvgIpc) is 2.81. The molecule has 0 aliphatic rings. The molecule has 88 valence electrons. The smallest absolute Gasteiger partial charge is 0.250 e. The first kappa shape index (κ1) is 11.5. The van der Waals surface area contributed by atoms with Crippen LogP contribution in [0.3, 0.4) is 0 Å². The number of pyridine rings is 1. The van der Waals surface area contributed by atoms with Gasteiger partial charge in [-0.2, -0.15) is 0 Å². The van der Waals surface area contributed by atoms with E-state index in [0.717, 1.165) is 0 Å². The molecule has 1 amide bonds. The predicted octanol–water partition coefficient (Wildman–Crippen LogP) is 0.729. The Labute approximate surface area is 101 Å². The van der Waals surface area contributed by atoms with Crippen LogP contribution in [0.4, 0.5) is 5.13 Å². The number of nitrogens with zero attached hydrogens (tertiary/aromatic N) is 3. The third-order valence-electron chi connectivity index (χ3n) is 2.09. The van der Waals surface area contributed by atoms with Crippen molar-refractivity contribution in [1.82, 2.24) is 14.8 Å². The molecule has 2 rings (SSSR count). The van der Waals surface area contributed by atoms with E-state index in [1.54, 1.807) is 18.3 Å². The van der Waals surface area contributed by atoms with Gasteiger partial charge >= 0.3 is 0 Å². The highest BCUT2D eigenvalue weighted by molar-refractivity contribution is 7.13. The number of nitrogens with one attached hydrogen (secondary N) is 1. The Morgan fingerprint density at radius 1 is 1.47 bits per heavy atom. The summed E-state index contributed by atoms with van der Waals surface area (Å²) in [5, 5.41) is 10.4. The van der Waals surface area contributed by atoms with E-state index in [9.17, 15) is 9.59 Å². The molecule has 2 aromatic heterocycles. The summed E-state index contributed by atoms with van der Waals surface area (Å²) in [6, 6.07) is 4.88. The molecule has 0 unspecified atom stereocenters. The second kappa shape index (κ2) is 5.35. The molecule has 0 saturated heterocycles. The zero-order valence-electron chi connectivity index (χ0n) is 8.87. The number of amides is 1. The highest BCUT2D eigenvalue weighted by Gasteiger charge is 2.05. The lowest BCUT2D eigenvalue weighted by atomic mass is 10.4. The van der Waals surface area contributed by atoms with E-state index in [1.165, 1.54) is 27.5 Å². The van der Waals surface area contributed by atoms with E-state index >= 15 is 0 Å². The van der Waals surface area contributed by atoms with Gasteiger partial charge in [0, 0.05) is 25.2 Å². The summed E-state index contributed by atoms with van der Waals surface area (Å²) in [6.07, 6.45) is 1.88. The molecule has 0 aromatic carbocycles. The summed E-state index contributed by atoms with van der Waals surface area (Å²) < 4.78 is 1.49. The maximum atomic E-state index is 11.5. The fourth-order valence-corrected chi connectivity index (χ4v) is 1.74. The SMILES string of the molecule is O=C(CCn1ccccc1=O)Nc1nncs1. The average molecular weight is 250 g/mol. The molecular formula is C10H10N4O2S. The van der Waals surface area contributed by atoms with Crippen molar-refractivity contribution in [3.8, 4) is 0 Å². The molecule has 2 heterocycles. The van der Waals surface area contributed by atoms with Crippen LogP contribution in [0.2, 0.25) is 0 Å². The summed E-state index contributed by atoms with van der Waals surface area (Å²) in [5.41, 5.74) is 1.42. The standard InChI is InChI=1S/C10H10N4O2S/c15-8(12-10-13-11-7-17-10)4-6-14-5-2-1-3-9(14)16/h1-3,5,7H,4,6H2,(H,12,13,15). The second-order valence-electron chi connectivity index (χ2n) is 3.27. The molecule has 7 heteroatoms. The Kier molecular flexibility index (Phi) is 3.61. The Balaban J connectivity index is 1.89. The fraction of sp³-hybridized carbons (Fsp3) is 0.200. The zero-order valence-corrected chi connectivity index (χ0v) is 9.68. The molecule has 1 N–H and O–H groups in total. The predicted molar refractivity (Wildman–Crippen MR) is 63.9 cm³/mol. The molecule has 0 fully saturated rings. The van der Waals surface area contributed by atoms with Gasteiger partial charge in [-0.05, 0) is 6.07 Å². The Hall–Kier alpha value is -2.02. The summed E-state index contributed by atoms with van der Waals surface area (Å²) in [7, 11) is 0. The van der Waals surface area contributed by atoms with Crippen LogP contribution in [0.15, 0.2) is 34.7 Å². The number of aryl methyl sites for hydroxylation is 1. The van der Waals surface area contributed by atoms with Crippen LogP contribution >= 0.6 is 11.3 Å². The van der Waals surface area contributed by atoms with E-state index in [1.807, 2.05) is 0 Å². The summed E-state index contributed by atoms with van der Waals surface area (Å²) >= 11 is 1.25. The largest absolute Gasteiger partial charge is 0.315 e. The topological polar surface area (TPSA) is 76.9 Å². The summed E-state index contributed by atoms with van der Waals surface area (Å²) in [6.45, 7) is 0.351. The third-order valence-corrected chi connectivity index (χ3v) is 2.69. The third kappa shape index (κ3) is 3.22. The number of hydrogen-bond acceptors (Lipinski definition) is 5. The molecule has 0 aliphatic heterocycles. The van der Waals surface area contributed by atoms with Crippen LogP contribution in [0, 0.1) is 0 Å². The molecule has 0 bridgehead atoms. The minimum atomic E-state index is -0.183. The number of hydrogen-bond donors (Lipinski definition) is 1. The van der Waals surface area contributed by atoms with Gasteiger partial charge in [0.05, 0.1) is 0 Å². The molecule has 0 radical (unpaired) electrons. The molecule has 17 heavy (non-hydrogen) atoms. The van der Waals surface area contributed by atoms with Crippen LogP contribution in [0.1, 0.15) is 6.42 Å². The van der Waals surface area contributed by atoms with Crippen LogP contribution in [0.5, 0.6) is 0 Å². The summed E-state index contributed by atoms with van der Waals surface area (Å²) in [4.78, 5) is 22.9. The van der Waals surface area contributed by atoms with Crippen molar-refractivity contribution >= 4 is 22.4 Å². The van der Waals surface area contributed by atoms with Crippen molar-refractivity contribution in [1.29, 1.82) is 0 Å². The van der Waals surface area contributed by atoms with E-state index in [-0.39, 0.29) is 17.9 Å². The lowest BCUT2D eigenvalue weighted by Crippen LogP contribution is -2.21. The summed E-state index contributed by atoms with van der Waals surface area (Å²) in [5.74, 6) is -0.183. The van der Waals surface area contributed by atoms with E-state index in [2.05, 4.69) is 15.5 Å². The van der Waals surface area contributed by atoms with Crippen molar-refractivity contribution in [2.24, 2.45) is 0 Å². The van der Waals surface area contributed by atoms with Crippen molar-refractivity contribution in [3.63, 3.8) is 0 Å². The van der Waals surface area contributed by atoms with E-state index < -0.39 is 0 Å². The van der Waals surface area contributed by atoms with Crippen molar-refractivity contribution in [2.45, 2.75) is 13.0 Å². The Morgan fingerprint density at radius 3 is 3.06 bits per heavy atom. The van der Waals surface area contributed by atoms with Crippen LogP contribution < -0.4 is 10.9 Å².